The molecule has 9 heteroatoms. The summed E-state index contributed by atoms with van der Waals surface area (Å²) in [5, 5.41) is 0. The van der Waals surface area contributed by atoms with E-state index in [2.05, 4.69) is 6.07 Å². The average molecular weight is 527 g/mol. The van der Waals surface area contributed by atoms with Crippen LogP contribution in [0, 0.1) is 15.5 Å². The zero-order chi connectivity index (χ0) is 17.0. The number of alkyl halides is 2. The first kappa shape index (κ1) is 21.6. The maximum absolute atomic E-state index is 14.3. The minimum atomic E-state index is -2.74. The largest absolute Gasteiger partial charge is 0.468 e. The van der Waals surface area contributed by atoms with E-state index < -0.39 is 24.3 Å². The number of halogens is 4. The Balaban J connectivity index is 0.00000288. The fourth-order valence-corrected chi connectivity index (χ4v) is 2.39. The normalized spacial score (nSPS) is 10.6. The van der Waals surface area contributed by atoms with Gasteiger partial charge in [-0.25, -0.2) is 13.2 Å². The molecule has 0 aliphatic rings. The van der Waals surface area contributed by atoms with E-state index in [-0.39, 0.29) is 60.1 Å². The van der Waals surface area contributed by atoms with E-state index in [0.717, 1.165) is 10.6 Å². The Bertz CT molecular complexity index is 755. The van der Waals surface area contributed by atoms with Gasteiger partial charge in [-0.1, -0.05) is 11.3 Å². The Labute approximate surface area is 175 Å². The summed E-state index contributed by atoms with van der Waals surface area (Å²) in [6.07, 6.45) is -2.74. The molecule has 0 aliphatic carbocycles. The Kier molecular flexibility index (Phi) is 8.90. The zero-order valence-corrected chi connectivity index (χ0v) is 17.6. The fraction of sp³-hybridized carbons (Fsp3) is 0.267. The van der Waals surface area contributed by atoms with Crippen LogP contribution in [0.3, 0.4) is 0 Å². The number of benzene rings is 1. The Morgan fingerprint density at radius 1 is 1.38 bits per heavy atom. The second kappa shape index (κ2) is 9.89. The molecule has 1 heterocycles. The molecule has 2 rings (SSSR count). The van der Waals surface area contributed by atoms with Gasteiger partial charge in [-0.05, 0) is 9.64 Å². The van der Waals surface area contributed by atoms with Gasteiger partial charge in [0.25, 0.3) is 6.43 Å². The van der Waals surface area contributed by atoms with Crippen LogP contribution in [-0.2, 0) is 44.0 Å². The summed E-state index contributed by atoms with van der Waals surface area (Å²) < 4.78 is 50.6. The van der Waals surface area contributed by atoms with E-state index in [1.54, 1.807) is 22.6 Å². The molecule has 1 aromatic carbocycles. The van der Waals surface area contributed by atoms with E-state index in [0.29, 0.717) is 0 Å². The predicted octanol–water partition coefficient (Wildman–Crippen LogP) is 3.30. The van der Waals surface area contributed by atoms with Crippen LogP contribution in [0.25, 0.3) is 11.3 Å². The van der Waals surface area contributed by atoms with Crippen LogP contribution >= 0.6 is 22.6 Å². The number of nitrogens with zero attached hydrogens (tertiary/aromatic N) is 1. The molecule has 127 valence electrons. The van der Waals surface area contributed by atoms with Crippen LogP contribution in [0.4, 0.5) is 13.2 Å². The van der Waals surface area contributed by atoms with Crippen molar-refractivity contribution in [1.29, 1.82) is 0 Å². The first-order valence-electron chi connectivity index (χ1n) is 6.45. The second-order valence-electron chi connectivity index (χ2n) is 4.48. The van der Waals surface area contributed by atoms with Crippen LogP contribution < -0.4 is 10.3 Å². The van der Waals surface area contributed by atoms with Crippen LogP contribution in [0.5, 0.6) is 5.75 Å². The zero-order valence-electron chi connectivity index (χ0n) is 12.6. The number of ether oxygens (including phenoxy) is 2. The Hall–Kier alpha value is -0.446. The molecular weight excluding hydrogens is 515 g/mol. The van der Waals surface area contributed by atoms with E-state index in [1.165, 1.54) is 25.3 Å². The van der Waals surface area contributed by atoms with Crippen LogP contribution in [0.2, 0.25) is 0 Å². The number of hydrogen-bond donors (Lipinski definition) is 0. The van der Waals surface area contributed by atoms with Crippen molar-refractivity contribution in [2.24, 2.45) is 0 Å². The Morgan fingerprint density at radius 2 is 2.08 bits per heavy atom. The van der Waals surface area contributed by atoms with Crippen molar-refractivity contribution in [2.45, 2.75) is 13.0 Å². The van der Waals surface area contributed by atoms with Crippen molar-refractivity contribution < 1.29 is 55.4 Å². The van der Waals surface area contributed by atoms with Crippen LogP contribution in [0.15, 0.2) is 29.1 Å². The number of hydrogen-bond acceptors (Lipinski definition) is 3. The van der Waals surface area contributed by atoms with Crippen molar-refractivity contribution in [3.8, 4) is 17.0 Å². The van der Waals surface area contributed by atoms with Gasteiger partial charge in [0, 0.05) is 45.9 Å². The monoisotopic (exact) mass is 527 g/mol. The molecule has 0 unspecified atom stereocenters. The van der Waals surface area contributed by atoms with Crippen LogP contribution in [0.1, 0.15) is 0 Å². The molecule has 0 spiro atoms. The van der Waals surface area contributed by atoms with Gasteiger partial charge in [-0.15, -0.1) is 28.7 Å². The second-order valence-corrected chi connectivity index (χ2v) is 5.65. The molecule has 0 saturated carbocycles. The van der Waals surface area contributed by atoms with Gasteiger partial charge < -0.3 is 14.0 Å². The SMILES string of the molecule is COCOc1ccc(-c2[c-]cc(I)c(=O)n2CC(F)F)c(F)c1.[Y]. The minimum Gasteiger partial charge on any atom is -0.468 e. The van der Waals surface area contributed by atoms with Crippen molar-refractivity contribution >= 4 is 22.6 Å². The summed E-state index contributed by atoms with van der Waals surface area (Å²) in [6, 6.07) is 7.93. The first-order valence-corrected chi connectivity index (χ1v) is 7.52. The molecule has 2 aromatic rings. The molecular formula is C15H12F3INO3Y-. The molecule has 4 nitrogen and oxygen atoms in total. The summed E-state index contributed by atoms with van der Waals surface area (Å²) in [4.78, 5) is 12.1. The minimum absolute atomic E-state index is 0. The van der Waals surface area contributed by atoms with Crippen molar-refractivity contribution in [2.75, 3.05) is 13.9 Å². The van der Waals surface area contributed by atoms with Crippen LogP contribution in [-0.4, -0.2) is 24.9 Å². The van der Waals surface area contributed by atoms with E-state index in [9.17, 15) is 18.0 Å². The quantitative estimate of drug-likeness (QED) is 0.329. The van der Waals surface area contributed by atoms with E-state index in [4.69, 9.17) is 9.47 Å². The van der Waals surface area contributed by atoms with Crippen molar-refractivity contribution in [1.82, 2.24) is 4.57 Å². The standard InChI is InChI=1S/C15H12F3INO3.Y/c1-22-8-23-9-2-3-10(11(16)6-9)13-5-4-12(19)15(21)20(13)7-14(17)18;/h2-4,6,14H,7-8H2,1H3;/q-1;. The summed E-state index contributed by atoms with van der Waals surface area (Å²) in [6.45, 7) is -0.882. The van der Waals surface area contributed by atoms with Gasteiger partial charge in [0.05, 0.1) is 12.4 Å². The van der Waals surface area contributed by atoms with E-state index >= 15 is 0 Å². The number of pyridine rings is 1. The summed E-state index contributed by atoms with van der Waals surface area (Å²) in [5.74, 6) is -0.486. The molecule has 0 saturated heterocycles. The third kappa shape index (κ3) is 5.27. The summed E-state index contributed by atoms with van der Waals surface area (Å²) >= 11 is 1.72. The maximum atomic E-state index is 14.3. The fourth-order valence-electron chi connectivity index (χ4n) is 1.94. The van der Waals surface area contributed by atoms with Gasteiger partial charge >= 0.3 is 0 Å². The van der Waals surface area contributed by atoms with Gasteiger partial charge in [0.15, 0.2) is 6.79 Å². The van der Waals surface area contributed by atoms with Crippen molar-refractivity contribution in [3.63, 3.8) is 0 Å². The average Bonchev–Trinajstić information content (AvgIpc) is 2.50. The number of aromatic nitrogens is 1. The van der Waals surface area contributed by atoms with E-state index in [1.807, 2.05) is 0 Å². The summed E-state index contributed by atoms with van der Waals surface area (Å²) in [7, 11) is 1.42. The number of rotatable bonds is 6. The first-order chi connectivity index (χ1) is 10.9. The molecule has 1 radical (unpaired) electrons. The molecule has 0 atom stereocenters. The smallest absolute Gasteiger partial charge is 0.256 e. The predicted molar refractivity (Wildman–Crippen MR) is 86.2 cm³/mol. The Morgan fingerprint density at radius 3 is 2.67 bits per heavy atom. The topological polar surface area (TPSA) is 40.5 Å². The van der Waals surface area contributed by atoms with Gasteiger partial charge in [-0.2, -0.15) is 12.1 Å². The molecule has 0 bridgehead atoms. The molecule has 24 heavy (non-hydrogen) atoms. The molecule has 0 fully saturated rings. The summed E-state index contributed by atoms with van der Waals surface area (Å²) in [5.41, 5.74) is -0.658. The number of methoxy groups -OCH3 is 1. The van der Waals surface area contributed by atoms with Crippen molar-refractivity contribution in [3.05, 3.63) is 50.1 Å². The molecule has 0 aliphatic heterocycles. The van der Waals surface area contributed by atoms with Gasteiger partial charge in [0.1, 0.15) is 5.75 Å². The molecule has 0 amide bonds. The maximum Gasteiger partial charge on any atom is 0.256 e. The van der Waals surface area contributed by atoms with Gasteiger partial charge in [0.2, 0.25) is 5.56 Å². The third-order valence-electron chi connectivity index (χ3n) is 2.91. The molecule has 1 aromatic heterocycles. The molecule has 0 N–H and O–H groups in total. The van der Waals surface area contributed by atoms with Gasteiger partial charge in [-0.3, -0.25) is 4.79 Å². The third-order valence-corrected chi connectivity index (χ3v) is 3.69.